The van der Waals surface area contributed by atoms with Crippen LogP contribution in [0.5, 0.6) is 0 Å². The van der Waals surface area contributed by atoms with Gasteiger partial charge in [-0.25, -0.2) is 0 Å². The Kier molecular flexibility index (Phi) is 12.4. The van der Waals surface area contributed by atoms with Gasteiger partial charge in [-0.1, -0.05) is 205 Å². The molecule has 3 aliphatic rings. The zero-order valence-electron chi connectivity index (χ0n) is 54.8. The maximum Gasteiger partial charge on any atom is 0.144 e. The molecule has 10 aromatic carbocycles. The van der Waals surface area contributed by atoms with Crippen LogP contribution >= 0.6 is 0 Å². The summed E-state index contributed by atoms with van der Waals surface area (Å²) >= 11 is 0. The van der Waals surface area contributed by atoms with E-state index in [-0.39, 0.29) is 16.2 Å². The van der Waals surface area contributed by atoms with Gasteiger partial charge in [0.25, 0.3) is 0 Å². The van der Waals surface area contributed by atoms with Crippen LogP contribution in [0.4, 0.5) is 0 Å². The molecule has 0 amide bonds. The van der Waals surface area contributed by atoms with Crippen molar-refractivity contribution in [3.63, 3.8) is 0 Å². The number of rotatable bonds is 6. The van der Waals surface area contributed by atoms with Crippen molar-refractivity contribution >= 4 is 65.8 Å². The van der Waals surface area contributed by atoms with Crippen molar-refractivity contribution in [2.45, 2.75) is 96.3 Å². The zero-order chi connectivity index (χ0) is 64.3. The Morgan fingerprint density at radius 1 is 0.260 bits per heavy atom. The van der Waals surface area contributed by atoms with E-state index in [1.54, 1.807) is 0 Å². The average molecular weight is 1240 g/mol. The molecule has 0 aliphatic heterocycles. The Balaban J connectivity index is 0.867. The number of para-hydroxylation sites is 6. The summed E-state index contributed by atoms with van der Waals surface area (Å²) in [5.74, 6) is 0. The predicted molar refractivity (Wildman–Crippen MR) is 395 cm³/mol. The number of hydrogen-bond acceptors (Lipinski definition) is 6. The van der Waals surface area contributed by atoms with Gasteiger partial charge in [-0.2, -0.15) is 0 Å². The van der Waals surface area contributed by atoms with Crippen molar-refractivity contribution in [2.75, 3.05) is 0 Å². The van der Waals surface area contributed by atoms with Crippen LogP contribution in [-0.4, -0.2) is 15.0 Å². The molecular formula is C90H69N3O3. The van der Waals surface area contributed by atoms with Crippen LogP contribution in [0.2, 0.25) is 0 Å². The molecule has 6 nitrogen and oxygen atoms in total. The van der Waals surface area contributed by atoms with Gasteiger partial charge in [-0.05, 0) is 193 Å². The van der Waals surface area contributed by atoms with Crippen LogP contribution in [0.15, 0.2) is 250 Å². The first-order valence-corrected chi connectivity index (χ1v) is 34.1. The number of furan rings is 3. The fourth-order valence-corrected chi connectivity index (χ4v) is 17.2. The lowest BCUT2D eigenvalue weighted by molar-refractivity contribution is 0.485. The summed E-state index contributed by atoms with van der Waals surface area (Å²) in [5, 5.41) is 6.61. The summed E-state index contributed by atoms with van der Waals surface area (Å²) in [5.41, 5.74) is 33.6. The molecular weight excluding hydrogens is 1170 g/mol. The topological polar surface area (TPSA) is 78.1 Å². The third-order valence-electron chi connectivity index (χ3n) is 22.2. The van der Waals surface area contributed by atoms with Crippen molar-refractivity contribution in [1.82, 2.24) is 15.0 Å². The Morgan fingerprint density at radius 2 is 0.531 bits per heavy atom. The molecule has 0 unspecified atom stereocenters. The van der Waals surface area contributed by atoms with E-state index in [9.17, 15) is 0 Å². The average Bonchev–Trinajstić information content (AvgIpc) is 1.43. The van der Waals surface area contributed by atoms with Crippen molar-refractivity contribution in [1.29, 1.82) is 0 Å². The maximum atomic E-state index is 6.61. The molecule has 6 heteroatoms. The second-order valence-electron chi connectivity index (χ2n) is 29.0. The standard InChI is InChI=1S/C90H69N3O3/c1-88(2)46-43-67-79(82-55(22-16-31-70(82)88)52-37-40-73(91-49-52)64-28-13-25-61-58-19-7-10-34-76(58)94-85(61)64)68-44-47-89(3,4)72-33-18-24-57(54-39-42-75(93-51-54)66-30-15-27-63-60-21-9-12-36-78(60)96-87(63)66)84(72)81(68)69-45-48-90(5,6)71-32-17-23-56(83(71)80(67)69)53-38-41-74(92-50-53)65-29-14-26-62-59-20-8-11-35-77(59)95-86(62)65/h7-42,49-51H,43-48H2,1-6H3. The molecule has 0 saturated carbocycles. The Morgan fingerprint density at radius 3 is 0.823 bits per heavy atom. The predicted octanol–water partition coefficient (Wildman–Crippen LogP) is 24.2. The molecule has 19 rings (SSSR count). The normalized spacial score (nSPS) is 15.2. The van der Waals surface area contributed by atoms with E-state index in [2.05, 4.69) is 260 Å². The lowest BCUT2D eigenvalue weighted by Crippen LogP contribution is -2.18. The van der Waals surface area contributed by atoms with E-state index in [1.807, 2.05) is 18.2 Å². The van der Waals surface area contributed by atoms with Gasteiger partial charge in [0.05, 0.1) is 17.1 Å². The quantitative estimate of drug-likeness (QED) is 0.165. The molecule has 0 atom stereocenters. The molecule has 0 N–H and O–H groups in total. The Bertz CT molecular complexity index is 5310. The van der Waals surface area contributed by atoms with E-state index in [0.717, 1.165) is 155 Å². The second kappa shape index (κ2) is 21.0. The van der Waals surface area contributed by atoms with Gasteiger partial charge in [-0.15, -0.1) is 0 Å². The van der Waals surface area contributed by atoms with Crippen LogP contribution in [0.3, 0.4) is 0 Å². The van der Waals surface area contributed by atoms with Gasteiger partial charge in [0.1, 0.15) is 33.5 Å². The molecule has 0 fully saturated rings. The highest BCUT2D eigenvalue weighted by atomic mass is 16.3. The maximum absolute atomic E-state index is 6.61. The first-order chi connectivity index (χ1) is 46.8. The molecule has 6 aromatic heterocycles. The molecule has 0 spiro atoms. The summed E-state index contributed by atoms with van der Waals surface area (Å²) < 4.78 is 19.8. The van der Waals surface area contributed by atoms with Gasteiger partial charge < -0.3 is 13.3 Å². The van der Waals surface area contributed by atoms with Crippen LogP contribution in [-0.2, 0) is 35.5 Å². The highest BCUT2D eigenvalue weighted by molar-refractivity contribution is 6.12. The minimum absolute atomic E-state index is 0.198. The molecule has 0 radical (unpaired) electrons. The van der Waals surface area contributed by atoms with E-state index in [4.69, 9.17) is 28.2 Å². The van der Waals surface area contributed by atoms with Crippen molar-refractivity contribution in [3.8, 4) is 101 Å². The van der Waals surface area contributed by atoms with Crippen LogP contribution < -0.4 is 0 Å². The van der Waals surface area contributed by atoms with Gasteiger partial charge >= 0.3 is 0 Å². The van der Waals surface area contributed by atoms with Gasteiger partial charge in [0.2, 0.25) is 0 Å². The van der Waals surface area contributed by atoms with Crippen LogP contribution in [0.1, 0.15) is 94.2 Å². The number of fused-ring (bicyclic) bond motifs is 21. The second-order valence-corrected chi connectivity index (χ2v) is 29.0. The fraction of sp³-hybridized carbons (Fsp3) is 0.167. The minimum atomic E-state index is -0.198. The van der Waals surface area contributed by atoms with E-state index in [1.165, 1.54) is 83.5 Å². The number of benzene rings is 10. The highest BCUT2D eigenvalue weighted by Gasteiger charge is 2.42. The summed E-state index contributed by atoms with van der Waals surface area (Å²) in [4.78, 5) is 16.2. The molecule has 16 aromatic rings. The minimum Gasteiger partial charge on any atom is -0.455 e. The Labute approximate surface area is 558 Å². The molecule has 462 valence electrons. The summed E-state index contributed by atoms with van der Waals surface area (Å²) in [6.07, 6.45) is 12.0. The smallest absolute Gasteiger partial charge is 0.144 e. The van der Waals surface area contributed by atoms with Gasteiger partial charge in [-0.3, -0.25) is 15.0 Å². The summed E-state index contributed by atoms with van der Waals surface area (Å²) in [6, 6.07) is 79.1. The number of aromatic nitrogens is 3. The Hall–Kier alpha value is -11.0. The van der Waals surface area contributed by atoms with Crippen molar-refractivity contribution < 1.29 is 13.3 Å². The first kappa shape index (κ1) is 56.6. The molecule has 0 bridgehead atoms. The first-order valence-electron chi connectivity index (χ1n) is 34.1. The van der Waals surface area contributed by atoms with Gasteiger partial charge in [0.15, 0.2) is 0 Å². The van der Waals surface area contributed by atoms with Crippen LogP contribution in [0.25, 0.3) is 166 Å². The lowest BCUT2D eigenvalue weighted by Gasteiger charge is -2.30. The van der Waals surface area contributed by atoms with Crippen molar-refractivity contribution in [3.05, 3.63) is 270 Å². The van der Waals surface area contributed by atoms with Gasteiger partial charge in [0, 0.05) is 84.3 Å². The zero-order valence-corrected chi connectivity index (χ0v) is 54.8. The largest absolute Gasteiger partial charge is 0.455 e. The van der Waals surface area contributed by atoms with E-state index >= 15 is 0 Å². The van der Waals surface area contributed by atoms with E-state index in [0.29, 0.717) is 0 Å². The van der Waals surface area contributed by atoms with Crippen LogP contribution in [0, 0.1) is 0 Å². The SMILES string of the molecule is CC1(C)CCc2c(c3c(c4c2-c2c(-c5ccc(-c6cccc7c6oc6ccccc67)nc5)cccc2C(C)(C)CC4)-c2c(-c4ccc(-c5cccc6c5oc5ccccc56)nc4)cccc2C(C)(C)CC3)-c2c(-c3ccc(-c4cccc5c4oc4ccccc45)nc3)cccc21. The molecule has 3 aliphatic carbocycles. The number of pyridine rings is 3. The monoisotopic (exact) mass is 1240 g/mol. The molecule has 96 heavy (non-hydrogen) atoms. The molecule has 6 heterocycles. The number of nitrogens with zero attached hydrogens (tertiary/aromatic N) is 3. The number of hydrogen-bond donors (Lipinski definition) is 0. The van der Waals surface area contributed by atoms with E-state index < -0.39 is 0 Å². The summed E-state index contributed by atoms with van der Waals surface area (Å²) in [7, 11) is 0. The lowest BCUT2D eigenvalue weighted by atomic mass is 9.73. The highest BCUT2D eigenvalue weighted by Crippen LogP contribution is 2.60. The molecule has 0 saturated heterocycles. The fourth-order valence-electron chi connectivity index (χ4n) is 17.2. The summed E-state index contributed by atoms with van der Waals surface area (Å²) in [6.45, 7) is 14.9. The third-order valence-corrected chi connectivity index (χ3v) is 22.2. The third kappa shape index (κ3) is 8.53. The van der Waals surface area contributed by atoms with Crippen molar-refractivity contribution in [2.24, 2.45) is 0 Å².